The summed E-state index contributed by atoms with van der Waals surface area (Å²) in [5, 5.41) is 19.8. The van der Waals surface area contributed by atoms with Crippen molar-refractivity contribution in [1.29, 1.82) is 0 Å². The lowest BCUT2D eigenvalue weighted by molar-refractivity contribution is -0.385. The molecule has 0 bridgehead atoms. The summed E-state index contributed by atoms with van der Waals surface area (Å²) in [6.07, 6.45) is -0.0835. The lowest BCUT2D eigenvalue weighted by Gasteiger charge is -2.24. The van der Waals surface area contributed by atoms with Gasteiger partial charge < -0.3 is 5.11 Å². The van der Waals surface area contributed by atoms with E-state index in [-0.39, 0.29) is 30.0 Å². The van der Waals surface area contributed by atoms with Gasteiger partial charge in [-0.05, 0) is 53.3 Å². The molecule has 0 aromatic heterocycles. The second-order valence-corrected chi connectivity index (χ2v) is 8.42. The molecular weight excluding hydrogens is 475 g/mol. The molecule has 0 radical (unpaired) electrons. The number of nitrogens with zero attached hydrogens (tertiary/aromatic N) is 2. The predicted octanol–water partition coefficient (Wildman–Crippen LogP) is 3.26. The van der Waals surface area contributed by atoms with Gasteiger partial charge in [-0.15, -0.1) is 0 Å². The molecule has 0 atom stereocenters. The SMILES string of the molecule is O=C(O)CCCN(c1cccc(I)c1)S(=O)(=O)c1cccc([N+](=O)[O-])c1. The van der Waals surface area contributed by atoms with Crippen molar-refractivity contribution in [1.82, 2.24) is 0 Å². The zero-order valence-corrected chi connectivity index (χ0v) is 16.4. The highest BCUT2D eigenvalue weighted by Crippen LogP contribution is 2.27. The quantitative estimate of drug-likeness (QED) is 0.345. The molecule has 2 aromatic rings. The first kappa shape index (κ1) is 20.1. The predicted molar refractivity (Wildman–Crippen MR) is 104 cm³/mol. The van der Waals surface area contributed by atoms with Crippen LogP contribution in [0.2, 0.25) is 0 Å². The van der Waals surface area contributed by atoms with E-state index in [0.717, 1.165) is 13.9 Å². The molecule has 0 aliphatic rings. The number of nitro benzene ring substituents is 1. The molecule has 1 N–H and O–H groups in total. The number of rotatable bonds is 8. The molecule has 0 fully saturated rings. The van der Waals surface area contributed by atoms with Crippen LogP contribution in [0.4, 0.5) is 11.4 Å². The highest BCUT2D eigenvalue weighted by atomic mass is 127. The van der Waals surface area contributed by atoms with Crippen molar-refractivity contribution in [3.05, 3.63) is 62.2 Å². The van der Waals surface area contributed by atoms with Crippen molar-refractivity contribution < 1.29 is 23.2 Å². The van der Waals surface area contributed by atoms with Gasteiger partial charge in [0.15, 0.2) is 0 Å². The summed E-state index contributed by atoms with van der Waals surface area (Å²) >= 11 is 2.04. The second-order valence-electron chi connectivity index (χ2n) is 5.31. The third-order valence-electron chi connectivity index (χ3n) is 3.46. The molecule has 2 rings (SSSR count). The van der Waals surface area contributed by atoms with E-state index in [1.54, 1.807) is 24.3 Å². The first-order chi connectivity index (χ1) is 12.2. The molecule has 0 heterocycles. The lowest BCUT2D eigenvalue weighted by atomic mass is 10.3. The van der Waals surface area contributed by atoms with Crippen molar-refractivity contribution in [2.75, 3.05) is 10.8 Å². The van der Waals surface area contributed by atoms with E-state index in [1.165, 1.54) is 18.2 Å². The van der Waals surface area contributed by atoms with Crippen molar-refractivity contribution in [3.8, 4) is 0 Å². The molecule has 0 spiro atoms. The van der Waals surface area contributed by atoms with Crippen molar-refractivity contribution >= 4 is 50.0 Å². The van der Waals surface area contributed by atoms with Gasteiger partial charge in [0.25, 0.3) is 15.7 Å². The molecule has 0 aliphatic carbocycles. The molecule has 8 nitrogen and oxygen atoms in total. The van der Waals surface area contributed by atoms with Crippen molar-refractivity contribution in [2.45, 2.75) is 17.7 Å². The summed E-state index contributed by atoms with van der Waals surface area (Å²) in [6, 6.07) is 11.5. The summed E-state index contributed by atoms with van der Waals surface area (Å²) < 4.78 is 28.0. The van der Waals surface area contributed by atoms with Gasteiger partial charge in [0.05, 0.1) is 15.5 Å². The Morgan fingerprint density at radius 1 is 1.19 bits per heavy atom. The molecule has 2 aromatic carbocycles. The highest BCUT2D eigenvalue weighted by molar-refractivity contribution is 14.1. The van der Waals surface area contributed by atoms with Gasteiger partial charge in [0.2, 0.25) is 0 Å². The van der Waals surface area contributed by atoms with Crippen LogP contribution in [0, 0.1) is 13.7 Å². The van der Waals surface area contributed by atoms with Gasteiger partial charge in [-0.25, -0.2) is 8.42 Å². The van der Waals surface area contributed by atoms with E-state index in [2.05, 4.69) is 0 Å². The van der Waals surface area contributed by atoms with Crippen LogP contribution in [0.3, 0.4) is 0 Å². The van der Waals surface area contributed by atoms with Gasteiger partial charge in [-0.3, -0.25) is 19.2 Å². The largest absolute Gasteiger partial charge is 0.481 e. The molecular formula is C16H15IN2O6S. The maximum atomic E-state index is 13.0. The zero-order chi connectivity index (χ0) is 19.3. The van der Waals surface area contributed by atoms with Crippen molar-refractivity contribution in [2.24, 2.45) is 0 Å². The van der Waals surface area contributed by atoms with Crippen LogP contribution in [-0.4, -0.2) is 31.0 Å². The summed E-state index contributed by atoms with van der Waals surface area (Å²) in [4.78, 5) is 20.8. The highest BCUT2D eigenvalue weighted by Gasteiger charge is 2.26. The van der Waals surface area contributed by atoms with E-state index in [0.29, 0.717) is 5.69 Å². The summed E-state index contributed by atoms with van der Waals surface area (Å²) in [5.74, 6) is -1.03. The minimum Gasteiger partial charge on any atom is -0.481 e. The number of sulfonamides is 1. The summed E-state index contributed by atoms with van der Waals surface area (Å²) in [6.45, 7) is -0.0581. The Bertz CT molecular complexity index is 932. The number of carboxylic acids is 1. The van der Waals surface area contributed by atoms with Gasteiger partial charge in [0, 0.05) is 28.7 Å². The first-order valence-corrected chi connectivity index (χ1v) is 9.98. The van der Waals surface area contributed by atoms with Crippen LogP contribution in [0.5, 0.6) is 0 Å². The van der Waals surface area contributed by atoms with E-state index >= 15 is 0 Å². The summed E-state index contributed by atoms with van der Waals surface area (Å²) in [7, 11) is -4.09. The van der Waals surface area contributed by atoms with Crippen LogP contribution in [0.1, 0.15) is 12.8 Å². The van der Waals surface area contributed by atoms with E-state index < -0.39 is 20.9 Å². The number of anilines is 1. The Balaban J connectivity index is 2.46. The molecule has 0 saturated carbocycles. The lowest BCUT2D eigenvalue weighted by Crippen LogP contribution is -2.32. The third kappa shape index (κ3) is 4.91. The monoisotopic (exact) mass is 490 g/mol. The Morgan fingerprint density at radius 3 is 2.50 bits per heavy atom. The topological polar surface area (TPSA) is 118 Å². The number of carbonyl (C=O) groups is 1. The minimum absolute atomic E-state index is 0.0581. The summed E-state index contributed by atoms with van der Waals surface area (Å²) in [5.41, 5.74) is 0.0352. The smallest absolute Gasteiger partial charge is 0.303 e. The minimum atomic E-state index is -4.09. The van der Waals surface area contributed by atoms with Crippen LogP contribution < -0.4 is 4.31 Å². The first-order valence-electron chi connectivity index (χ1n) is 7.46. The van der Waals surface area contributed by atoms with Gasteiger partial charge >= 0.3 is 5.97 Å². The van der Waals surface area contributed by atoms with Crippen molar-refractivity contribution in [3.63, 3.8) is 0 Å². The average molecular weight is 490 g/mol. The second kappa shape index (κ2) is 8.45. The molecule has 10 heteroatoms. The van der Waals surface area contributed by atoms with E-state index in [4.69, 9.17) is 5.11 Å². The molecule has 0 amide bonds. The molecule has 0 saturated heterocycles. The maximum absolute atomic E-state index is 13.0. The number of carboxylic acid groups (broad SMARTS) is 1. The fraction of sp³-hybridized carbons (Fsp3) is 0.188. The normalized spacial score (nSPS) is 11.1. The number of halogens is 1. The van der Waals surface area contributed by atoms with Crippen LogP contribution in [0.25, 0.3) is 0 Å². The molecule has 26 heavy (non-hydrogen) atoms. The molecule has 0 unspecified atom stereocenters. The number of hydrogen-bond acceptors (Lipinski definition) is 5. The Hall–Kier alpha value is -2.21. The Kier molecular flexibility index (Phi) is 6.53. The molecule has 0 aliphatic heterocycles. The van der Waals surface area contributed by atoms with Crippen LogP contribution in [0.15, 0.2) is 53.4 Å². The Labute approximate surface area is 163 Å². The fourth-order valence-corrected chi connectivity index (χ4v) is 4.34. The van der Waals surface area contributed by atoms with Crippen LogP contribution >= 0.6 is 22.6 Å². The number of hydrogen-bond donors (Lipinski definition) is 1. The number of aliphatic carboxylic acids is 1. The number of benzene rings is 2. The zero-order valence-electron chi connectivity index (χ0n) is 13.4. The van der Waals surface area contributed by atoms with Gasteiger partial charge in [0.1, 0.15) is 0 Å². The Morgan fingerprint density at radius 2 is 1.88 bits per heavy atom. The standard InChI is InChI=1S/C16H15IN2O6S/c17-12-4-1-5-13(10-12)18(9-3-8-16(20)21)26(24,25)15-7-2-6-14(11-15)19(22)23/h1-2,4-7,10-11H,3,8-9H2,(H,20,21). The van der Waals surface area contributed by atoms with Gasteiger partial charge in [-0.2, -0.15) is 0 Å². The van der Waals surface area contributed by atoms with E-state index in [9.17, 15) is 23.3 Å². The average Bonchev–Trinajstić information content (AvgIpc) is 2.58. The maximum Gasteiger partial charge on any atom is 0.303 e. The van der Waals surface area contributed by atoms with Crippen LogP contribution in [-0.2, 0) is 14.8 Å². The molecule has 138 valence electrons. The number of non-ortho nitro benzene ring substituents is 1. The fourth-order valence-electron chi connectivity index (χ4n) is 2.28. The third-order valence-corrected chi connectivity index (χ3v) is 5.96. The number of nitro groups is 1. The van der Waals surface area contributed by atoms with Gasteiger partial charge in [-0.1, -0.05) is 12.1 Å². The van der Waals surface area contributed by atoms with E-state index in [1.807, 2.05) is 22.6 Å².